The number of hydrogen-bond donors (Lipinski definition) is 3. The van der Waals surface area contributed by atoms with Crippen molar-refractivity contribution < 1.29 is 9.53 Å². The van der Waals surface area contributed by atoms with Crippen molar-refractivity contribution in [2.75, 3.05) is 12.4 Å². The van der Waals surface area contributed by atoms with Gasteiger partial charge in [-0.25, -0.2) is 0 Å². The van der Waals surface area contributed by atoms with Crippen molar-refractivity contribution in [3.8, 4) is 5.75 Å². The van der Waals surface area contributed by atoms with Crippen molar-refractivity contribution >= 4 is 79.7 Å². The van der Waals surface area contributed by atoms with E-state index in [0.29, 0.717) is 17.0 Å². The van der Waals surface area contributed by atoms with Gasteiger partial charge < -0.3 is 20.7 Å². The molecule has 1 amide bonds. The van der Waals surface area contributed by atoms with E-state index >= 15 is 0 Å². The monoisotopic (exact) mass is 509 g/mol. The van der Waals surface area contributed by atoms with E-state index in [0.717, 1.165) is 4.47 Å². The normalized spacial score (nSPS) is 12.0. The molecule has 0 aromatic heterocycles. The fourth-order valence-corrected chi connectivity index (χ4v) is 2.87. The van der Waals surface area contributed by atoms with Crippen LogP contribution in [-0.2, 0) is 0 Å². The summed E-state index contributed by atoms with van der Waals surface area (Å²) in [7, 11) is 1.54. The average Bonchev–Trinajstić information content (AvgIpc) is 2.61. The van der Waals surface area contributed by atoms with E-state index in [-0.39, 0.29) is 5.11 Å². The van der Waals surface area contributed by atoms with Gasteiger partial charge in [-0.05, 0) is 48.6 Å². The Hall–Kier alpha value is -1.25. The van der Waals surface area contributed by atoms with Gasteiger partial charge in [-0.3, -0.25) is 4.79 Å². The van der Waals surface area contributed by atoms with Gasteiger partial charge in [0.15, 0.2) is 5.11 Å². The molecule has 0 aliphatic heterocycles. The number of halogens is 4. The minimum atomic E-state index is -1.85. The van der Waals surface area contributed by atoms with Crippen molar-refractivity contribution in [2.24, 2.45) is 0 Å². The van der Waals surface area contributed by atoms with Crippen molar-refractivity contribution in [3.63, 3.8) is 0 Å². The van der Waals surface area contributed by atoms with Crippen LogP contribution in [0.4, 0.5) is 5.69 Å². The highest BCUT2D eigenvalue weighted by molar-refractivity contribution is 9.10. The number of hydrogen-bond acceptors (Lipinski definition) is 3. The molecule has 3 N–H and O–H groups in total. The number of alkyl halides is 3. The van der Waals surface area contributed by atoms with E-state index in [1.165, 1.54) is 0 Å². The van der Waals surface area contributed by atoms with E-state index in [1.54, 1.807) is 43.5 Å². The molecule has 0 heterocycles. The summed E-state index contributed by atoms with van der Waals surface area (Å²) in [6, 6.07) is 13.9. The minimum Gasteiger partial charge on any atom is -0.495 e. The van der Waals surface area contributed by atoms with Gasteiger partial charge in [-0.2, -0.15) is 0 Å². The molecule has 0 aliphatic rings. The van der Waals surface area contributed by atoms with E-state index in [2.05, 4.69) is 31.9 Å². The van der Waals surface area contributed by atoms with Crippen LogP contribution in [-0.4, -0.2) is 28.1 Å². The molecule has 0 bridgehead atoms. The Morgan fingerprint density at radius 2 is 1.74 bits per heavy atom. The molecule has 0 saturated heterocycles. The molecule has 27 heavy (non-hydrogen) atoms. The lowest BCUT2D eigenvalue weighted by Gasteiger charge is -2.28. The number of thiocarbonyl (C=S) groups is 1. The SMILES string of the molecule is COc1ccccc1NC(=S)N[C@H](NC(=O)c1ccc(Br)cc1)C(Cl)(Cl)Cl. The number of benzene rings is 2. The summed E-state index contributed by atoms with van der Waals surface area (Å²) in [5.74, 6) is 0.164. The van der Waals surface area contributed by atoms with Gasteiger partial charge in [-0.1, -0.05) is 62.9 Å². The number of carbonyl (C=O) groups is 1. The third-order valence-electron chi connectivity index (χ3n) is 3.34. The van der Waals surface area contributed by atoms with Crippen LogP contribution in [0.2, 0.25) is 0 Å². The predicted molar refractivity (Wildman–Crippen MR) is 118 cm³/mol. The van der Waals surface area contributed by atoms with Gasteiger partial charge >= 0.3 is 0 Å². The highest BCUT2D eigenvalue weighted by Crippen LogP contribution is 2.30. The Balaban J connectivity index is 2.09. The molecule has 1 atom stereocenters. The number of methoxy groups -OCH3 is 1. The predicted octanol–water partition coefficient (Wildman–Crippen LogP) is 4.87. The van der Waals surface area contributed by atoms with Crippen LogP contribution < -0.4 is 20.7 Å². The van der Waals surface area contributed by atoms with E-state index in [1.807, 2.05) is 12.1 Å². The van der Waals surface area contributed by atoms with Crippen molar-refractivity contribution in [1.82, 2.24) is 10.6 Å². The minimum absolute atomic E-state index is 0.145. The van der Waals surface area contributed by atoms with Gasteiger partial charge in [0.25, 0.3) is 5.91 Å². The molecule has 10 heteroatoms. The molecule has 0 radical (unpaired) electrons. The zero-order valence-electron chi connectivity index (χ0n) is 13.9. The third-order valence-corrected chi connectivity index (χ3v) is 4.74. The summed E-state index contributed by atoms with van der Waals surface area (Å²) < 4.78 is 4.24. The maximum atomic E-state index is 12.4. The van der Waals surface area contributed by atoms with E-state index in [9.17, 15) is 4.79 Å². The smallest absolute Gasteiger partial charge is 0.252 e. The number of anilines is 1. The van der Waals surface area contributed by atoms with Crippen LogP contribution in [0.15, 0.2) is 53.0 Å². The van der Waals surface area contributed by atoms with E-state index in [4.69, 9.17) is 51.8 Å². The first-order valence-electron chi connectivity index (χ1n) is 7.54. The summed E-state index contributed by atoms with van der Waals surface area (Å²) in [6.07, 6.45) is -1.08. The second-order valence-corrected chi connectivity index (χ2v) is 8.95. The number of nitrogens with one attached hydrogen (secondary N) is 3. The first kappa shape index (κ1) is 22.0. The van der Waals surface area contributed by atoms with Crippen LogP contribution in [0.5, 0.6) is 5.75 Å². The van der Waals surface area contributed by atoms with Crippen molar-refractivity contribution in [3.05, 3.63) is 58.6 Å². The molecule has 144 valence electrons. The topological polar surface area (TPSA) is 62.4 Å². The summed E-state index contributed by atoms with van der Waals surface area (Å²) in [6.45, 7) is 0. The van der Waals surface area contributed by atoms with Crippen LogP contribution in [0, 0.1) is 0 Å². The largest absolute Gasteiger partial charge is 0.495 e. The van der Waals surface area contributed by atoms with Crippen molar-refractivity contribution in [2.45, 2.75) is 9.96 Å². The zero-order valence-corrected chi connectivity index (χ0v) is 18.6. The summed E-state index contributed by atoms with van der Waals surface area (Å²) >= 11 is 26.6. The second kappa shape index (κ2) is 9.80. The summed E-state index contributed by atoms with van der Waals surface area (Å²) in [4.78, 5) is 12.4. The van der Waals surface area contributed by atoms with Gasteiger partial charge in [0.05, 0.1) is 12.8 Å². The molecule has 0 aliphatic carbocycles. The number of ether oxygens (including phenoxy) is 1. The Labute approximate surface area is 185 Å². The number of rotatable bonds is 5. The van der Waals surface area contributed by atoms with Crippen LogP contribution in [0.3, 0.4) is 0 Å². The Morgan fingerprint density at radius 1 is 1.11 bits per heavy atom. The fourth-order valence-electron chi connectivity index (χ4n) is 2.05. The van der Waals surface area contributed by atoms with Crippen molar-refractivity contribution in [1.29, 1.82) is 0 Å². The molecule has 5 nitrogen and oxygen atoms in total. The lowest BCUT2D eigenvalue weighted by Crippen LogP contribution is -2.56. The number of amides is 1. The van der Waals surface area contributed by atoms with Crippen LogP contribution in [0.25, 0.3) is 0 Å². The molecular weight excluding hydrogens is 497 g/mol. The summed E-state index contributed by atoms with van der Waals surface area (Å²) in [5.41, 5.74) is 1.03. The van der Waals surface area contributed by atoms with Gasteiger partial charge in [0.2, 0.25) is 3.79 Å². The molecule has 0 saturated carbocycles. The highest BCUT2D eigenvalue weighted by Gasteiger charge is 2.35. The quantitative estimate of drug-likeness (QED) is 0.304. The van der Waals surface area contributed by atoms with Crippen LogP contribution in [0.1, 0.15) is 10.4 Å². The number of carbonyl (C=O) groups excluding carboxylic acids is 1. The van der Waals surface area contributed by atoms with Gasteiger partial charge in [0, 0.05) is 10.0 Å². The molecule has 2 aromatic carbocycles. The first-order valence-corrected chi connectivity index (χ1v) is 9.88. The average molecular weight is 512 g/mol. The molecule has 2 rings (SSSR count). The van der Waals surface area contributed by atoms with E-state index < -0.39 is 15.9 Å². The first-order chi connectivity index (χ1) is 12.7. The van der Waals surface area contributed by atoms with Gasteiger partial charge in [0.1, 0.15) is 11.9 Å². The zero-order chi connectivity index (χ0) is 20.0. The summed E-state index contributed by atoms with van der Waals surface area (Å²) in [5, 5.41) is 8.51. The Bertz CT molecular complexity index is 816. The third kappa shape index (κ3) is 6.69. The second-order valence-electron chi connectivity index (χ2n) is 5.25. The standard InChI is InChI=1S/C17H15BrCl3N3O2S/c1-26-13-5-3-2-4-12(13)22-16(27)24-15(17(19,20)21)23-14(25)10-6-8-11(18)9-7-10/h2-9,15H,1H3,(H,23,25)(H2,22,24,27)/t15-/m0/s1. The van der Waals surface area contributed by atoms with Crippen LogP contribution >= 0.6 is 63.0 Å². The maximum Gasteiger partial charge on any atom is 0.252 e. The molecular formula is C17H15BrCl3N3O2S. The maximum absolute atomic E-state index is 12.4. The fraction of sp³-hybridized carbons (Fsp3) is 0.176. The Kier molecular flexibility index (Phi) is 8.00. The molecule has 0 spiro atoms. The lowest BCUT2D eigenvalue weighted by atomic mass is 10.2. The highest BCUT2D eigenvalue weighted by atomic mass is 79.9. The lowest BCUT2D eigenvalue weighted by molar-refractivity contribution is 0.0934. The molecule has 0 fully saturated rings. The molecule has 2 aromatic rings. The Morgan fingerprint density at radius 3 is 2.33 bits per heavy atom. The molecule has 0 unspecified atom stereocenters. The number of para-hydroxylation sites is 2. The van der Waals surface area contributed by atoms with Gasteiger partial charge in [-0.15, -0.1) is 0 Å².